The lowest BCUT2D eigenvalue weighted by atomic mass is 10.1. The normalized spacial score (nSPS) is 23.8. The number of piperazine rings is 1. The number of oxazole rings is 1. The zero-order chi connectivity index (χ0) is 23.2. The van der Waals surface area contributed by atoms with E-state index in [0.29, 0.717) is 18.8 Å². The average Bonchev–Trinajstić information content (AvgIpc) is 3.44. The first-order valence-electron chi connectivity index (χ1n) is 11.4. The molecule has 3 fully saturated rings. The summed E-state index contributed by atoms with van der Waals surface area (Å²) in [5.74, 6) is 0.498. The molecule has 3 heterocycles. The molecule has 1 saturated carbocycles. The zero-order valence-electron chi connectivity index (χ0n) is 18.3. The van der Waals surface area contributed by atoms with Crippen LogP contribution in [0.3, 0.4) is 0 Å². The van der Waals surface area contributed by atoms with Crippen LogP contribution in [0.25, 0.3) is 11.3 Å². The van der Waals surface area contributed by atoms with Crippen molar-refractivity contribution < 1.29 is 18.8 Å². The van der Waals surface area contributed by atoms with Gasteiger partial charge in [-0.2, -0.15) is 0 Å². The predicted octanol–water partition coefficient (Wildman–Crippen LogP) is 3.38. The minimum absolute atomic E-state index is 0.0883. The van der Waals surface area contributed by atoms with Gasteiger partial charge < -0.3 is 14.2 Å². The van der Waals surface area contributed by atoms with E-state index in [-0.39, 0.29) is 36.5 Å². The number of urea groups is 2. The van der Waals surface area contributed by atoms with Crippen LogP contribution in [0.2, 0.25) is 0 Å². The summed E-state index contributed by atoms with van der Waals surface area (Å²) >= 11 is 0. The minimum Gasteiger partial charge on any atom is -0.423 e. The standard InChI is InChI=1S/C25H23N5O4/c31-22-20-15-28(24(32)27-23-26-14-21(34-23)17-9-5-2-6-10-17)11-12-29(20)25(33)30(22)19-13-18(19)16-7-3-1-4-8-16/h1-10,14,18-20H,11-13,15H2,(H,26,27,32)/t18-,19+,20+/m1/s1. The Morgan fingerprint density at radius 3 is 2.50 bits per heavy atom. The van der Waals surface area contributed by atoms with E-state index < -0.39 is 12.1 Å². The first-order chi connectivity index (χ1) is 16.6. The van der Waals surface area contributed by atoms with Crippen LogP contribution in [0.5, 0.6) is 0 Å². The molecule has 1 aromatic heterocycles. The summed E-state index contributed by atoms with van der Waals surface area (Å²) < 4.78 is 5.66. The van der Waals surface area contributed by atoms with Gasteiger partial charge in [0, 0.05) is 30.6 Å². The van der Waals surface area contributed by atoms with Gasteiger partial charge in [0.2, 0.25) is 0 Å². The summed E-state index contributed by atoms with van der Waals surface area (Å²) in [6.07, 6.45) is 2.33. The van der Waals surface area contributed by atoms with Crippen LogP contribution in [-0.2, 0) is 4.79 Å². The molecule has 172 valence electrons. The van der Waals surface area contributed by atoms with E-state index in [0.717, 1.165) is 17.5 Å². The Kier molecular flexibility index (Phi) is 4.83. The van der Waals surface area contributed by atoms with Crippen molar-refractivity contribution in [2.24, 2.45) is 0 Å². The van der Waals surface area contributed by atoms with Crippen LogP contribution in [0.15, 0.2) is 71.3 Å². The number of nitrogens with one attached hydrogen (secondary N) is 1. The first-order valence-corrected chi connectivity index (χ1v) is 11.4. The van der Waals surface area contributed by atoms with Crippen molar-refractivity contribution in [1.29, 1.82) is 0 Å². The van der Waals surface area contributed by atoms with Gasteiger partial charge in [0.15, 0.2) is 5.76 Å². The molecular formula is C25H23N5O4. The number of amides is 5. The van der Waals surface area contributed by atoms with E-state index in [2.05, 4.69) is 10.3 Å². The molecule has 2 saturated heterocycles. The van der Waals surface area contributed by atoms with Gasteiger partial charge >= 0.3 is 18.1 Å². The predicted molar refractivity (Wildman–Crippen MR) is 123 cm³/mol. The van der Waals surface area contributed by atoms with Crippen LogP contribution in [-0.4, -0.2) is 69.4 Å². The van der Waals surface area contributed by atoms with Crippen molar-refractivity contribution in [2.75, 3.05) is 25.0 Å². The quantitative estimate of drug-likeness (QED) is 0.606. The number of carbonyl (C=O) groups excluding carboxylic acids is 3. The monoisotopic (exact) mass is 457 g/mol. The molecule has 6 rings (SSSR count). The lowest BCUT2D eigenvalue weighted by Crippen LogP contribution is -2.55. The topological polar surface area (TPSA) is 99.0 Å². The summed E-state index contributed by atoms with van der Waals surface area (Å²) in [6, 6.07) is 18.1. The van der Waals surface area contributed by atoms with Crippen molar-refractivity contribution in [3.05, 3.63) is 72.4 Å². The molecule has 3 aliphatic rings. The molecule has 5 amide bonds. The van der Waals surface area contributed by atoms with E-state index in [1.54, 1.807) is 11.1 Å². The molecule has 0 radical (unpaired) electrons. The molecule has 1 N–H and O–H groups in total. The minimum atomic E-state index is -0.659. The summed E-state index contributed by atoms with van der Waals surface area (Å²) in [5, 5.41) is 2.66. The van der Waals surface area contributed by atoms with E-state index >= 15 is 0 Å². The van der Waals surface area contributed by atoms with Gasteiger partial charge in [0.25, 0.3) is 5.91 Å². The fourth-order valence-corrected chi connectivity index (χ4v) is 4.87. The van der Waals surface area contributed by atoms with E-state index in [4.69, 9.17) is 4.42 Å². The maximum atomic E-state index is 13.2. The van der Waals surface area contributed by atoms with E-state index in [9.17, 15) is 14.4 Å². The number of fused-ring (bicyclic) bond motifs is 1. The van der Waals surface area contributed by atoms with Gasteiger partial charge in [-0.05, 0) is 12.0 Å². The van der Waals surface area contributed by atoms with Crippen molar-refractivity contribution in [1.82, 2.24) is 19.7 Å². The second-order valence-electron chi connectivity index (χ2n) is 8.79. The maximum absolute atomic E-state index is 13.2. The van der Waals surface area contributed by atoms with Crippen molar-refractivity contribution >= 4 is 24.0 Å². The number of hydrogen-bond acceptors (Lipinski definition) is 5. The summed E-state index contributed by atoms with van der Waals surface area (Å²) in [5.41, 5.74) is 1.99. The van der Waals surface area contributed by atoms with Gasteiger partial charge in [-0.25, -0.2) is 14.6 Å². The molecule has 0 spiro atoms. The molecule has 9 nitrogen and oxygen atoms in total. The fourth-order valence-electron chi connectivity index (χ4n) is 4.87. The number of benzene rings is 2. The lowest BCUT2D eigenvalue weighted by Gasteiger charge is -2.34. The Morgan fingerprint density at radius 2 is 1.74 bits per heavy atom. The lowest BCUT2D eigenvalue weighted by molar-refractivity contribution is -0.129. The summed E-state index contributed by atoms with van der Waals surface area (Å²) in [7, 11) is 0. The molecule has 0 bridgehead atoms. The molecular weight excluding hydrogens is 434 g/mol. The number of imide groups is 1. The van der Waals surface area contributed by atoms with Gasteiger partial charge in [0.05, 0.1) is 12.7 Å². The highest BCUT2D eigenvalue weighted by Gasteiger charge is 2.56. The average molecular weight is 457 g/mol. The van der Waals surface area contributed by atoms with Crippen LogP contribution in [0.1, 0.15) is 17.9 Å². The molecule has 2 aliphatic heterocycles. The largest absolute Gasteiger partial charge is 0.423 e. The number of aromatic nitrogens is 1. The number of carbonyl (C=O) groups is 3. The van der Waals surface area contributed by atoms with Gasteiger partial charge in [-0.3, -0.25) is 15.0 Å². The van der Waals surface area contributed by atoms with Crippen LogP contribution >= 0.6 is 0 Å². The van der Waals surface area contributed by atoms with Crippen LogP contribution < -0.4 is 5.32 Å². The summed E-state index contributed by atoms with van der Waals surface area (Å²) in [4.78, 5) is 47.7. The van der Waals surface area contributed by atoms with E-state index in [1.165, 1.54) is 9.80 Å². The maximum Gasteiger partial charge on any atom is 0.327 e. The summed E-state index contributed by atoms with van der Waals surface area (Å²) in [6.45, 7) is 0.777. The van der Waals surface area contributed by atoms with Crippen molar-refractivity contribution in [2.45, 2.75) is 24.4 Å². The SMILES string of the molecule is O=C(Nc1ncc(-c2ccccc2)o1)N1CCN2C(=O)N([C@H]3C[C@@H]3c3ccccc3)C(=O)[C@@H]2C1. The highest BCUT2D eigenvalue weighted by molar-refractivity contribution is 6.05. The van der Waals surface area contributed by atoms with E-state index in [1.807, 2.05) is 60.7 Å². The second-order valence-corrected chi connectivity index (χ2v) is 8.79. The van der Waals surface area contributed by atoms with Crippen molar-refractivity contribution in [3.63, 3.8) is 0 Å². The Bertz CT molecular complexity index is 1240. The van der Waals surface area contributed by atoms with Gasteiger partial charge in [-0.15, -0.1) is 0 Å². The Morgan fingerprint density at radius 1 is 1.00 bits per heavy atom. The second kappa shape index (κ2) is 8.02. The van der Waals surface area contributed by atoms with Crippen LogP contribution in [0.4, 0.5) is 15.6 Å². The fraction of sp³-hybridized carbons (Fsp3) is 0.280. The highest BCUT2D eigenvalue weighted by Crippen LogP contribution is 2.46. The number of rotatable bonds is 4. The first kappa shape index (κ1) is 20.5. The Labute approximate surface area is 196 Å². The third-order valence-corrected chi connectivity index (χ3v) is 6.74. The Hall–Kier alpha value is -4.14. The molecule has 1 aliphatic carbocycles. The highest BCUT2D eigenvalue weighted by atomic mass is 16.4. The molecule has 0 unspecified atom stereocenters. The van der Waals surface area contributed by atoms with Gasteiger partial charge in [0.1, 0.15) is 6.04 Å². The molecule has 9 heteroatoms. The molecule has 3 aromatic rings. The number of nitrogens with zero attached hydrogens (tertiary/aromatic N) is 4. The van der Waals surface area contributed by atoms with Crippen molar-refractivity contribution in [3.8, 4) is 11.3 Å². The number of anilines is 1. The smallest absolute Gasteiger partial charge is 0.327 e. The Balaban J connectivity index is 1.11. The third-order valence-electron chi connectivity index (χ3n) is 6.74. The molecule has 3 atom stereocenters. The zero-order valence-corrected chi connectivity index (χ0v) is 18.3. The van der Waals surface area contributed by atoms with Gasteiger partial charge in [-0.1, -0.05) is 60.7 Å². The number of hydrogen-bond donors (Lipinski definition) is 1. The molecule has 2 aromatic carbocycles. The third kappa shape index (κ3) is 3.49. The molecule has 34 heavy (non-hydrogen) atoms. The van der Waals surface area contributed by atoms with Crippen LogP contribution in [0, 0.1) is 0 Å².